The molecule has 0 spiro atoms. The zero-order valence-corrected chi connectivity index (χ0v) is 17.0. The molecule has 2 heterocycles. The van der Waals surface area contributed by atoms with Gasteiger partial charge < -0.3 is 15.0 Å². The Morgan fingerprint density at radius 1 is 1.26 bits per heavy atom. The summed E-state index contributed by atoms with van der Waals surface area (Å²) in [5.41, 5.74) is -4.33. The fourth-order valence-corrected chi connectivity index (χ4v) is 4.26. The highest BCUT2D eigenvalue weighted by Crippen LogP contribution is 2.41. The molecule has 1 unspecified atom stereocenters. The van der Waals surface area contributed by atoms with E-state index in [-0.39, 0.29) is 55.7 Å². The van der Waals surface area contributed by atoms with Gasteiger partial charge in [-0.05, 0) is 30.2 Å². The normalized spacial score (nSPS) is 18.0. The molecule has 0 saturated carbocycles. The molecular formula is C19H20F6N4OS. The van der Waals surface area contributed by atoms with Gasteiger partial charge in [-0.25, -0.2) is 9.29 Å². The van der Waals surface area contributed by atoms with E-state index >= 15 is 0 Å². The van der Waals surface area contributed by atoms with Gasteiger partial charge in [0, 0.05) is 49.4 Å². The van der Waals surface area contributed by atoms with Crippen LogP contribution in [0.4, 0.5) is 32.0 Å². The van der Waals surface area contributed by atoms with Crippen molar-refractivity contribution in [1.29, 1.82) is 0 Å². The van der Waals surface area contributed by atoms with Crippen LogP contribution in [0, 0.1) is 0 Å². The van der Waals surface area contributed by atoms with Crippen molar-refractivity contribution in [2.75, 3.05) is 11.4 Å². The molecule has 1 aliphatic rings. The number of anilines is 1. The molecule has 0 amide bonds. The van der Waals surface area contributed by atoms with Gasteiger partial charge in [-0.15, -0.1) is 0 Å². The number of nitrogens with one attached hydrogen (secondary N) is 1. The molecule has 0 bridgehead atoms. The van der Waals surface area contributed by atoms with Crippen molar-refractivity contribution in [1.82, 2.24) is 14.3 Å². The molecule has 1 aromatic carbocycles. The number of benzene rings is 1. The number of aliphatic hydroxyl groups excluding tert-OH is 1. The van der Waals surface area contributed by atoms with Crippen LogP contribution in [-0.2, 0) is 19.3 Å². The highest BCUT2D eigenvalue weighted by molar-refractivity contribution is 7.97. The number of alkyl halides is 6. The second-order valence-corrected chi connectivity index (χ2v) is 8.33. The number of hydrogen-bond donors (Lipinski definition) is 2. The summed E-state index contributed by atoms with van der Waals surface area (Å²) in [6.45, 7) is 3.22. The predicted molar refractivity (Wildman–Crippen MR) is 105 cm³/mol. The summed E-state index contributed by atoms with van der Waals surface area (Å²) in [6, 6.07) is 2.58. The fraction of sp³-hybridized carbons (Fsp3) is 0.421. The molecule has 170 valence electrons. The van der Waals surface area contributed by atoms with E-state index in [0.717, 1.165) is 16.4 Å². The molecule has 31 heavy (non-hydrogen) atoms. The van der Waals surface area contributed by atoms with Gasteiger partial charge in [0.1, 0.15) is 0 Å². The molecule has 1 aliphatic heterocycles. The summed E-state index contributed by atoms with van der Waals surface area (Å²) in [7, 11) is 0. The van der Waals surface area contributed by atoms with Gasteiger partial charge in [0.05, 0.1) is 29.9 Å². The van der Waals surface area contributed by atoms with Crippen LogP contribution in [0.5, 0.6) is 0 Å². The van der Waals surface area contributed by atoms with Gasteiger partial charge in [-0.1, -0.05) is 6.58 Å². The first kappa shape index (κ1) is 23.3. The lowest BCUT2D eigenvalue weighted by molar-refractivity contribution is -0.137. The monoisotopic (exact) mass is 466 g/mol. The number of hydrogen-bond acceptors (Lipinski definition) is 5. The first-order valence-electron chi connectivity index (χ1n) is 9.24. The smallest absolute Gasteiger partial charge is 0.456 e. The topological polar surface area (TPSA) is 55.4 Å². The molecule has 0 saturated heterocycles. The van der Waals surface area contributed by atoms with E-state index in [4.69, 9.17) is 0 Å². The third kappa shape index (κ3) is 6.33. The zero-order valence-electron chi connectivity index (χ0n) is 16.2. The van der Waals surface area contributed by atoms with Crippen molar-refractivity contribution in [3.63, 3.8) is 0 Å². The van der Waals surface area contributed by atoms with Gasteiger partial charge in [-0.2, -0.15) is 26.3 Å². The van der Waals surface area contributed by atoms with Crippen molar-refractivity contribution in [3.8, 4) is 0 Å². The molecule has 2 aromatic rings. The SMILES string of the molecule is C=C(O)CCC1CN(SC(F)(F)F)Cc2cc(C(F)(F)F)ccc2N1Cc1cnc[nH]1. The summed E-state index contributed by atoms with van der Waals surface area (Å²) in [5.74, 6) is -0.117. The molecule has 2 N–H and O–H groups in total. The number of aliphatic hydroxyl groups is 1. The van der Waals surface area contributed by atoms with E-state index in [0.29, 0.717) is 11.4 Å². The Balaban J connectivity index is 2.05. The molecule has 1 aromatic heterocycles. The summed E-state index contributed by atoms with van der Waals surface area (Å²) in [4.78, 5) is 8.59. The molecule has 12 heteroatoms. The number of fused-ring (bicyclic) bond motifs is 1. The minimum atomic E-state index is -4.62. The number of halogens is 6. The average Bonchev–Trinajstić information content (AvgIpc) is 3.09. The van der Waals surface area contributed by atoms with Crippen LogP contribution >= 0.6 is 11.9 Å². The first-order valence-corrected chi connectivity index (χ1v) is 10.0. The van der Waals surface area contributed by atoms with E-state index in [9.17, 15) is 31.4 Å². The number of nitrogens with zero attached hydrogens (tertiary/aromatic N) is 3. The molecule has 0 radical (unpaired) electrons. The van der Waals surface area contributed by atoms with Crippen LogP contribution in [0.1, 0.15) is 29.7 Å². The van der Waals surface area contributed by atoms with E-state index in [1.165, 1.54) is 12.4 Å². The van der Waals surface area contributed by atoms with Gasteiger partial charge in [0.15, 0.2) is 0 Å². The van der Waals surface area contributed by atoms with Crippen LogP contribution in [0.3, 0.4) is 0 Å². The summed E-state index contributed by atoms with van der Waals surface area (Å²) >= 11 is -0.364. The van der Waals surface area contributed by atoms with Crippen LogP contribution in [0.25, 0.3) is 0 Å². The molecule has 0 aliphatic carbocycles. The number of rotatable bonds is 6. The third-order valence-electron chi connectivity index (χ3n) is 4.81. The van der Waals surface area contributed by atoms with Gasteiger partial charge in [0.2, 0.25) is 0 Å². The van der Waals surface area contributed by atoms with Gasteiger partial charge >= 0.3 is 11.7 Å². The van der Waals surface area contributed by atoms with Crippen LogP contribution < -0.4 is 4.90 Å². The molecule has 5 nitrogen and oxygen atoms in total. The second kappa shape index (κ2) is 9.03. The number of imidazole rings is 1. The largest absolute Gasteiger partial charge is 0.513 e. The maximum Gasteiger partial charge on any atom is 0.456 e. The van der Waals surface area contributed by atoms with E-state index < -0.39 is 23.3 Å². The summed E-state index contributed by atoms with van der Waals surface area (Å²) in [5, 5.41) is 9.52. The Bertz CT molecular complexity index is 900. The number of aromatic amines is 1. The zero-order chi connectivity index (χ0) is 22.8. The van der Waals surface area contributed by atoms with Crippen molar-refractivity contribution in [2.45, 2.75) is 43.7 Å². The Morgan fingerprint density at radius 3 is 2.58 bits per heavy atom. The van der Waals surface area contributed by atoms with Crippen molar-refractivity contribution < 1.29 is 31.4 Å². The quantitative estimate of drug-likeness (QED) is 0.328. The van der Waals surface area contributed by atoms with E-state index in [1.807, 2.05) is 0 Å². The Labute approximate surface area is 178 Å². The highest BCUT2D eigenvalue weighted by Gasteiger charge is 2.38. The number of allylic oxidation sites excluding steroid dienone is 1. The van der Waals surface area contributed by atoms with E-state index in [2.05, 4.69) is 16.5 Å². The second-order valence-electron chi connectivity index (χ2n) is 7.16. The van der Waals surface area contributed by atoms with Crippen LogP contribution in [0.15, 0.2) is 43.1 Å². The maximum atomic E-state index is 13.3. The molecule has 1 atom stereocenters. The maximum absolute atomic E-state index is 13.3. The van der Waals surface area contributed by atoms with Gasteiger partial charge in [-0.3, -0.25) is 0 Å². The molecular weight excluding hydrogens is 446 g/mol. The summed E-state index contributed by atoms with van der Waals surface area (Å²) in [6.07, 6.45) is -1.23. The predicted octanol–water partition coefficient (Wildman–Crippen LogP) is 5.64. The standard InChI is InChI=1S/C19H20F6N4OS/c1-12(30)2-4-16-10-28(31-19(23,24)25)8-13-6-14(18(20,21)22)3-5-17(13)29(16)9-15-7-26-11-27-15/h3,5-7,11,16,30H,1-2,4,8-10H2,(H,26,27). The highest BCUT2D eigenvalue weighted by atomic mass is 32.2. The Kier molecular flexibility index (Phi) is 6.79. The van der Waals surface area contributed by atoms with Crippen molar-refractivity contribution in [3.05, 3.63) is 59.9 Å². The van der Waals surface area contributed by atoms with Crippen molar-refractivity contribution >= 4 is 17.6 Å². The lowest BCUT2D eigenvalue weighted by Crippen LogP contribution is -2.40. The lowest BCUT2D eigenvalue weighted by Gasteiger charge is -2.34. The van der Waals surface area contributed by atoms with Crippen molar-refractivity contribution in [2.24, 2.45) is 0 Å². The minimum Gasteiger partial charge on any atom is -0.513 e. The number of H-pyrrole nitrogens is 1. The fourth-order valence-electron chi connectivity index (χ4n) is 3.52. The third-order valence-corrected chi connectivity index (χ3v) is 5.56. The van der Waals surface area contributed by atoms with Crippen LogP contribution in [0.2, 0.25) is 0 Å². The van der Waals surface area contributed by atoms with Gasteiger partial charge in [0.25, 0.3) is 0 Å². The lowest BCUT2D eigenvalue weighted by atomic mass is 10.0. The molecule has 0 fully saturated rings. The first-order chi connectivity index (χ1) is 14.4. The van der Waals surface area contributed by atoms with E-state index in [1.54, 1.807) is 11.1 Å². The summed E-state index contributed by atoms with van der Waals surface area (Å²) < 4.78 is 80.1. The Hall–Kier alpha value is -2.34. The minimum absolute atomic E-state index is 0.0817. The average molecular weight is 466 g/mol. The number of aromatic nitrogens is 2. The van der Waals surface area contributed by atoms with Crippen LogP contribution in [-0.4, -0.2) is 37.5 Å². The molecule has 3 rings (SSSR count). The Morgan fingerprint density at radius 2 is 2.00 bits per heavy atom.